The Morgan fingerprint density at radius 3 is 2.83 bits per heavy atom. The lowest BCUT2D eigenvalue weighted by molar-refractivity contribution is -0.113. The molecule has 0 radical (unpaired) electrons. The molecule has 0 bridgehead atoms. The summed E-state index contributed by atoms with van der Waals surface area (Å²) in [5.41, 5.74) is 1.99. The number of thioether (sulfide) groups is 1. The lowest BCUT2D eigenvalue weighted by atomic mass is 10.2. The highest BCUT2D eigenvalue weighted by Gasteiger charge is 2.10. The molecule has 1 heterocycles. The van der Waals surface area contributed by atoms with Gasteiger partial charge in [0.1, 0.15) is 5.82 Å². The van der Waals surface area contributed by atoms with Crippen LogP contribution in [-0.4, -0.2) is 16.6 Å². The van der Waals surface area contributed by atoms with Gasteiger partial charge in [-0.1, -0.05) is 53.7 Å². The van der Waals surface area contributed by atoms with E-state index in [1.165, 1.54) is 41.3 Å². The monoisotopic (exact) mass is 378 g/mol. The second kappa shape index (κ2) is 7.79. The van der Waals surface area contributed by atoms with Crippen LogP contribution in [0.2, 0.25) is 5.02 Å². The molecule has 0 aliphatic rings. The van der Waals surface area contributed by atoms with Crippen LogP contribution in [0.1, 0.15) is 0 Å². The highest BCUT2D eigenvalue weighted by Crippen LogP contribution is 2.28. The Kier molecular flexibility index (Phi) is 5.50. The Morgan fingerprint density at radius 1 is 1.25 bits per heavy atom. The average Bonchev–Trinajstić information content (AvgIpc) is 3.06. The molecule has 1 amide bonds. The zero-order chi connectivity index (χ0) is 16.9. The molecule has 3 rings (SSSR count). The third-order valence-corrected chi connectivity index (χ3v) is 5.34. The second-order valence-corrected chi connectivity index (χ2v) is 7.34. The molecule has 0 unspecified atom stereocenters. The summed E-state index contributed by atoms with van der Waals surface area (Å²) < 4.78 is 14.4. The molecule has 0 fully saturated rings. The number of anilines is 1. The summed E-state index contributed by atoms with van der Waals surface area (Å²) in [7, 11) is 0. The molecule has 3 aromatic rings. The number of carbonyl (C=O) groups excluding carboxylic acids is 1. The number of hydrogen-bond acceptors (Lipinski definition) is 4. The maximum atomic E-state index is 13.6. The standard InChI is InChI=1S/C17H12ClFN2OS2/c18-12-6-7-13(19)14(8-12)20-16(22)10-24-17-21-15(9-23-17)11-4-2-1-3-5-11/h1-9H,10H2,(H,20,22). The number of hydrogen-bond donors (Lipinski definition) is 1. The lowest BCUT2D eigenvalue weighted by Crippen LogP contribution is -2.15. The summed E-state index contributed by atoms with van der Waals surface area (Å²) in [6, 6.07) is 13.9. The van der Waals surface area contributed by atoms with Crippen molar-refractivity contribution in [2.45, 2.75) is 4.34 Å². The van der Waals surface area contributed by atoms with Crippen LogP contribution >= 0.6 is 34.7 Å². The van der Waals surface area contributed by atoms with E-state index in [2.05, 4.69) is 10.3 Å². The number of aromatic nitrogens is 1. The SMILES string of the molecule is O=C(CSc1nc(-c2ccccc2)cs1)Nc1cc(Cl)ccc1F. The van der Waals surface area contributed by atoms with Crippen molar-refractivity contribution >= 4 is 46.3 Å². The van der Waals surface area contributed by atoms with Crippen LogP contribution in [0.3, 0.4) is 0 Å². The number of nitrogens with zero attached hydrogens (tertiary/aromatic N) is 1. The van der Waals surface area contributed by atoms with Crippen LogP contribution in [-0.2, 0) is 4.79 Å². The smallest absolute Gasteiger partial charge is 0.234 e. The number of rotatable bonds is 5. The van der Waals surface area contributed by atoms with Gasteiger partial charge in [0, 0.05) is 16.0 Å². The second-order valence-electron chi connectivity index (χ2n) is 4.83. The van der Waals surface area contributed by atoms with Crippen molar-refractivity contribution in [3.63, 3.8) is 0 Å². The van der Waals surface area contributed by atoms with Gasteiger partial charge in [-0.05, 0) is 18.2 Å². The Balaban J connectivity index is 1.59. The maximum absolute atomic E-state index is 13.6. The van der Waals surface area contributed by atoms with Crippen LogP contribution in [0.15, 0.2) is 58.3 Å². The molecule has 122 valence electrons. The molecule has 0 aliphatic heterocycles. The Labute approximate surface area is 151 Å². The molecule has 24 heavy (non-hydrogen) atoms. The van der Waals surface area contributed by atoms with E-state index in [4.69, 9.17) is 11.6 Å². The largest absolute Gasteiger partial charge is 0.323 e. The van der Waals surface area contributed by atoms with E-state index in [1.54, 1.807) is 0 Å². The van der Waals surface area contributed by atoms with Gasteiger partial charge in [0.05, 0.1) is 17.1 Å². The van der Waals surface area contributed by atoms with E-state index in [-0.39, 0.29) is 17.3 Å². The summed E-state index contributed by atoms with van der Waals surface area (Å²) in [5, 5.41) is 4.84. The third-order valence-electron chi connectivity index (χ3n) is 3.08. The summed E-state index contributed by atoms with van der Waals surface area (Å²) in [6.45, 7) is 0. The van der Waals surface area contributed by atoms with E-state index in [9.17, 15) is 9.18 Å². The third kappa shape index (κ3) is 4.35. The van der Waals surface area contributed by atoms with Crippen molar-refractivity contribution in [1.82, 2.24) is 4.98 Å². The number of benzene rings is 2. The van der Waals surface area contributed by atoms with Gasteiger partial charge in [0.15, 0.2) is 4.34 Å². The zero-order valence-corrected chi connectivity index (χ0v) is 14.7. The van der Waals surface area contributed by atoms with Gasteiger partial charge >= 0.3 is 0 Å². The van der Waals surface area contributed by atoms with Crippen molar-refractivity contribution < 1.29 is 9.18 Å². The molecule has 7 heteroatoms. The number of nitrogens with one attached hydrogen (secondary N) is 1. The van der Waals surface area contributed by atoms with E-state index in [1.807, 2.05) is 35.7 Å². The molecule has 0 saturated heterocycles. The number of thiazole rings is 1. The van der Waals surface area contributed by atoms with E-state index in [0.29, 0.717) is 5.02 Å². The van der Waals surface area contributed by atoms with Crippen LogP contribution in [0.5, 0.6) is 0 Å². The maximum Gasteiger partial charge on any atom is 0.234 e. The van der Waals surface area contributed by atoms with Crippen molar-refractivity contribution in [3.8, 4) is 11.3 Å². The first-order valence-corrected chi connectivity index (χ1v) is 9.25. The van der Waals surface area contributed by atoms with Crippen LogP contribution in [0, 0.1) is 5.82 Å². The normalized spacial score (nSPS) is 10.6. The first-order chi connectivity index (χ1) is 11.6. The Hall–Kier alpha value is -1.89. The summed E-state index contributed by atoms with van der Waals surface area (Å²) >= 11 is 8.59. The van der Waals surface area contributed by atoms with Gasteiger partial charge in [-0.15, -0.1) is 11.3 Å². The van der Waals surface area contributed by atoms with Gasteiger partial charge in [-0.2, -0.15) is 0 Å². The molecular formula is C17H12ClFN2OS2. The van der Waals surface area contributed by atoms with Gasteiger partial charge in [0.2, 0.25) is 5.91 Å². The highest BCUT2D eigenvalue weighted by molar-refractivity contribution is 8.01. The molecule has 1 N–H and O–H groups in total. The predicted octanol–water partition coefficient (Wildman–Crippen LogP) is 5.33. The lowest BCUT2D eigenvalue weighted by Gasteiger charge is -2.06. The van der Waals surface area contributed by atoms with Gasteiger partial charge in [-0.3, -0.25) is 4.79 Å². The van der Waals surface area contributed by atoms with Crippen molar-refractivity contribution in [2.24, 2.45) is 0 Å². The Morgan fingerprint density at radius 2 is 2.04 bits per heavy atom. The first kappa shape index (κ1) is 17.0. The predicted molar refractivity (Wildman–Crippen MR) is 98.3 cm³/mol. The van der Waals surface area contributed by atoms with E-state index < -0.39 is 5.82 Å². The molecule has 3 nitrogen and oxygen atoms in total. The van der Waals surface area contributed by atoms with Crippen molar-refractivity contribution in [1.29, 1.82) is 0 Å². The molecule has 0 spiro atoms. The summed E-state index contributed by atoms with van der Waals surface area (Å²) in [4.78, 5) is 16.5. The molecular weight excluding hydrogens is 367 g/mol. The van der Waals surface area contributed by atoms with E-state index >= 15 is 0 Å². The molecule has 1 aromatic heterocycles. The molecule has 2 aromatic carbocycles. The average molecular weight is 379 g/mol. The topological polar surface area (TPSA) is 42.0 Å². The van der Waals surface area contributed by atoms with Crippen molar-refractivity contribution in [2.75, 3.05) is 11.1 Å². The number of amides is 1. The minimum Gasteiger partial charge on any atom is -0.323 e. The fourth-order valence-corrected chi connectivity index (χ4v) is 3.78. The summed E-state index contributed by atoms with van der Waals surface area (Å²) in [6.07, 6.45) is 0. The van der Waals surface area contributed by atoms with Crippen LogP contribution < -0.4 is 5.32 Å². The number of halogens is 2. The quantitative estimate of drug-likeness (QED) is 0.610. The zero-order valence-electron chi connectivity index (χ0n) is 12.3. The fraction of sp³-hybridized carbons (Fsp3) is 0.0588. The molecule has 0 aliphatic carbocycles. The van der Waals surface area contributed by atoms with Gasteiger partial charge in [0.25, 0.3) is 0 Å². The minimum absolute atomic E-state index is 0.0808. The van der Waals surface area contributed by atoms with Crippen molar-refractivity contribution in [3.05, 3.63) is 64.8 Å². The van der Waals surface area contributed by atoms with Gasteiger partial charge in [-0.25, -0.2) is 9.37 Å². The number of carbonyl (C=O) groups is 1. The molecule has 0 saturated carbocycles. The van der Waals surface area contributed by atoms with Crippen LogP contribution in [0.25, 0.3) is 11.3 Å². The summed E-state index contributed by atoms with van der Waals surface area (Å²) in [5.74, 6) is -0.677. The Bertz CT molecular complexity index is 855. The first-order valence-electron chi connectivity index (χ1n) is 7.00. The van der Waals surface area contributed by atoms with E-state index in [0.717, 1.165) is 15.6 Å². The molecule has 0 atom stereocenters. The fourth-order valence-electron chi connectivity index (χ4n) is 1.97. The van der Waals surface area contributed by atoms with Gasteiger partial charge < -0.3 is 5.32 Å². The minimum atomic E-state index is -0.515. The highest BCUT2D eigenvalue weighted by atomic mass is 35.5. The van der Waals surface area contributed by atoms with Crippen LogP contribution in [0.4, 0.5) is 10.1 Å².